The number of hydrogen-bond donors (Lipinski definition) is 3. The number of amides is 1. The first kappa shape index (κ1) is 29.6. The smallest absolute Gasteiger partial charge is 0.251 e. The molecule has 1 aromatic rings. The molecule has 0 bridgehead atoms. The molecule has 0 heterocycles. The van der Waals surface area contributed by atoms with Crippen LogP contribution in [0.25, 0.3) is 0 Å². The van der Waals surface area contributed by atoms with Gasteiger partial charge in [0.2, 0.25) is 0 Å². The van der Waals surface area contributed by atoms with Crippen LogP contribution in [0.5, 0.6) is 0 Å². The van der Waals surface area contributed by atoms with Gasteiger partial charge in [-0.1, -0.05) is 32.4 Å². The number of halogens is 1. The molecule has 1 unspecified atom stereocenters. The van der Waals surface area contributed by atoms with E-state index in [1.54, 1.807) is 0 Å². The molecule has 178 valence electrons. The predicted molar refractivity (Wildman–Crippen MR) is 138 cm³/mol. The average molecular weight is 549 g/mol. The number of carbonyl (C=O) groups is 1. The van der Waals surface area contributed by atoms with Crippen LogP contribution in [0.4, 0.5) is 0 Å². The van der Waals surface area contributed by atoms with Crippen molar-refractivity contribution in [1.82, 2.24) is 16.0 Å². The standard InChI is InChI=1S/C23H40N4O3.HI/c1-5-8-13-29-15-16-30-14-12-25-23(24-7-3)26-18-20-10-9-11-21(17-20)22(28)27-19(4)6-2;/h9-11,17,19H,5-8,12-16,18H2,1-4H3,(H,27,28)(H2,24,25,26);1H. The molecule has 3 N–H and O–H groups in total. The predicted octanol–water partition coefficient (Wildman–Crippen LogP) is 3.72. The van der Waals surface area contributed by atoms with Crippen LogP contribution < -0.4 is 16.0 Å². The third-order valence-electron chi connectivity index (χ3n) is 4.50. The van der Waals surface area contributed by atoms with E-state index < -0.39 is 0 Å². The van der Waals surface area contributed by atoms with Crippen molar-refractivity contribution in [1.29, 1.82) is 0 Å². The second kappa shape index (κ2) is 19.3. The first-order valence-corrected chi connectivity index (χ1v) is 11.2. The second-order valence-electron chi connectivity index (χ2n) is 7.18. The molecule has 0 saturated heterocycles. The van der Waals surface area contributed by atoms with E-state index in [0.29, 0.717) is 38.5 Å². The van der Waals surface area contributed by atoms with Crippen molar-refractivity contribution >= 4 is 35.8 Å². The Labute approximate surface area is 205 Å². The highest BCUT2D eigenvalue weighted by Crippen LogP contribution is 2.07. The molecule has 7 nitrogen and oxygen atoms in total. The molecule has 1 atom stereocenters. The van der Waals surface area contributed by atoms with Gasteiger partial charge in [-0.3, -0.25) is 4.79 Å². The number of unbranched alkanes of at least 4 members (excludes halogenated alkanes) is 1. The van der Waals surface area contributed by atoms with Crippen molar-refractivity contribution in [2.45, 2.75) is 59.5 Å². The molecular weight excluding hydrogens is 507 g/mol. The highest BCUT2D eigenvalue weighted by molar-refractivity contribution is 14.0. The molecule has 31 heavy (non-hydrogen) atoms. The van der Waals surface area contributed by atoms with Gasteiger partial charge in [-0.05, 0) is 44.4 Å². The fourth-order valence-corrected chi connectivity index (χ4v) is 2.54. The van der Waals surface area contributed by atoms with E-state index in [0.717, 1.165) is 43.9 Å². The molecule has 0 aliphatic heterocycles. The third-order valence-corrected chi connectivity index (χ3v) is 4.50. The van der Waals surface area contributed by atoms with Crippen LogP contribution in [0.2, 0.25) is 0 Å². The van der Waals surface area contributed by atoms with Crippen molar-refractivity contribution in [3.63, 3.8) is 0 Å². The summed E-state index contributed by atoms with van der Waals surface area (Å²) in [6, 6.07) is 7.76. The fourth-order valence-electron chi connectivity index (χ4n) is 2.54. The first-order valence-electron chi connectivity index (χ1n) is 11.2. The molecule has 1 aromatic carbocycles. The zero-order valence-corrected chi connectivity index (χ0v) is 21.9. The van der Waals surface area contributed by atoms with Gasteiger partial charge in [-0.2, -0.15) is 0 Å². The number of benzene rings is 1. The molecule has 0 radical (unpaired) electrons. The van der Waals surface area contributed by atoms with E-state index in [1.807, 2.05) is 38.1 Å². The summed E-state index contributed by atoms with van der Waals surface area (Å²) in [6.45, 7) is 12.8. The summed E-state index contributed by atoms with van der Waals surface area (Å²) in [4.78, 5) is 16.9. The Kier molecular flexibility index (Phi) is 18.4. The van der Waals surface area contributed by atoms with Crippen molar-refractivity contribution in [2.75, 3.05) is 39.5 Å². The van der Waals surface area contributed by atoms with Crippen LogP contribution in [0, 0.1) is 0 Å². The maximum Gasteiger partial charge on any atom is 0.251 e. The van der Waals surface area contributed by atoms with Gasteiger partial charge in [-0.25, -0.2) is 4.99 Å². The number of rotatable bonds is 15. The van der Waals surface area contributed by atoms with Crippen LogP contribution in [0.1, 0.15) is 62.9 Å². The van der Waals surface area contributed by atoms with Gasteiger partial charge >= 0.3 is 0 Å². The molecule has 0 aromatic heterocycles. The zero-order chi connectivity index (χ0) is 22.0. The molecule has 0 fully saturated rings. The molecule has 0 spiro atoms. The van der Waals surface area contributed by atoms with Crippen molar-refractivity contribution in [3.05, 3.63) is 35.4 Å². The summed E-state index contributed by atoms with van der Waals surface area (Å²) >= 11 is 0. The Balaban J connectivity index is 0.00000900. The number of carbonyl (C=O) groups excluding carboxylic acids is 1. The lowest BCUT2D eigenvalue weighted by Gasteiger charge is -2.13. The first-order chi connectivity index (χ1) is 14.6. The normalized spacial score (nSPS) is 12.1. The molecule has 0 aliphatic carbocycles. The monoisotopic (exact) mass is 548 g/mol. The summed E-state index contributed by atoms with van der Waals surface area (Å²) in [5.74, 6) is 0.686. The highest BCUT2D eigenvalue weighted by atomic mass is 127. The number of ether oxygens (including phenoxy) is 2. The quantitative estimate of drug-likeness (QED) is 0.135. The van der Waals surface area contributed by atoms with Crippen LogP contribution in [0.15, 0.2) is 29.3 Å². The van der Waals surface area contributed by atoms with Crippen molar-refractivity contribution < 1.29 is 14.3 Å². The van der Waals surface area contributed by atoms with E-state index in [9.17, 15) is 4.79 Å². The minimum atomic E-state index is -0.0453. The van der Waals surface area contributed by atoms with Crippen molar-refractivity contribution in [3.8, 4) is 0 Å². The fraction of sp³-hybridized carbons (Fsp3) is 0.652. The Morgan fingerprint density at radius 1 is 1.06 bits per heavy atom. The zero-order valence-electron chi connectivity index (χ0n) is 19.5. The summed E-state index contributed by atoms with van der Waals surface area (Å²) in [5, 5.41) is 9.49. The average Bonchev–Trinajstić information content (AvgIpc) is 2.76. The van der Waals surface area contributed by atoms with E-state index in [1.165, 1.54) is 0 Å². The molecular formula is C23H41IN4O3. The van der Waals surface area contributed by atoms with Crippen LogP contribution >= 0.6 is 24.0 Å². The number of guanidine groups is 1. The Morgan fingerprint density at radius 2 is 1.81 bits per heavy atom. The highest BCUT2D eigenvalue weighted by Gasteiger charge is 2.09. The third kappa shape index (κ3) is 14.3. The molecule has 0 saturated carbocycles. The SMILES string of the molecule is CCCCOCCOCCNC(=NCc1cccc(C(=O)NC(C)CC)c1)NCC.I. The maximum atomic E-state index is 12.3. The molecule has 1 rings (SSSR count). The number of aliphatic imine (C=N–C) groups is 1. The van der Waals surface area contributed by atoms with Gasteiger partial charge in [0.15, 0.2) is 5.96 Å². The van der Waals surface area contributed by atoms with Gasteiger partial charge in [0, 0.05) is 31.3 Å². The largest absolute Gasteiger partial charge is 0.379 e. The molecule has 8 heteroatoms. The Bertz CT molecular complexity index is 629. The van der Waals surface area contributed by atoms with E-state index >= 15 is 0 Å². The van der Waals surface area contributed by atoms with Crippen LogP contribution in [0.3, 0.4) is 0 Å². The minimum absolute atomic E-state index is 0. The second-order valence-corrected chi connectivity index (χ2v) is 7.18. The molecule has 0 aliphatic rings. The van der Waals surface area contributed by atoms with Gasteiger partial charge in [0.05, 0.1) is 26.4 Å². The summed E-state index contributed by atoms with van der Waals surface area (Å²) < 4.78 is 11.0. The van der Waals surface area contributed by atoms with Crippen LogP contribution in [-0.4, -0.2) is 57.4 Å². The van der Waals surface area contributed by atoms with E-state index in [-0.39, 0.29) is 35.9 Å². The van der Waals surface area contributed by atoms with E-state index in [4.69, 9.17) is 9.47 Å². The number of nitrogens with zero attached hydrogens (tertiary/aromatic N) is 1. The van der Waals surface area contributed by atoms with Gasteiger partial charge < -0.3 is 25.4 Å². The lowest BCUT2D eigenvalue weighted by atomic mass is 10.1. The Hall–Kier alpha value is -1.39. The number of nitrogens with one attached hydrogen (secondary N) is 3. The maximum absolute atomic E-state index is 12.3. The van der Waals surface area contributed by atoms with E-state index in [2.05, 4.69) is 34.8 Å². The van der Waals surface area contributed by atoms with Crippen molar-refractivity contribution in [2.24, 2.45) is 4.99 Å². The van der Waals surface area contributed by atoms with Gasteiger partial charge in [0.1, 0.15) is 0 Å². The lowest BCUT2D eigenvalue weighted by Crippen LogP contribution is -2.39. The Morgan fingerprint density at radius 3 is 2.48 bits per heavy atom. The van der Waals surface area contributed by atoms with Gasteiger partial charge in [0.25, 0.3) is 5.91 Å². The van der Waals surface area contributed by atoms with Crippen LogP contribution in [-0.2, 0) is 16.0 Å². The topological polar surface area (TPSA) is 84.0 Å². The van der Waals surface area contributed by atoms with Gasteiger partial charge in [-0.15, -0.1) is 24.0 Å². The number of hydrogen-bond acceptors (Lipinski definition) is 4. The molecule has 1 amide bonds. The summed E-state index contributed by atoms with van der Waals surface area (Å²) in [5.41, 5.74) is 1.65. The summed E-state index contributed by atoms with van der Waals surface area (Å²) in [7, 11) is 0. The minimum Gasteiger partial charge on any atom is -0.379 e. The lowest BCUT2D eigenvalue weighted by molar-refractivity contribution is 0.0487. The summed E-state index contributed by atoms with van der Waals surface area (Å²) in [6.07, 6.45) is 3.14.